The van der Waals surface area contributed by atoms with E-state index in [1.54, 1.807) is 0 Å². The molecule has 7 heteroatoms. The van der Waals surface area contributed by atoms with Gasteiger partial charge in [-0.3, -0.25) is 14.4 Å². The van der Waals surface area contributed by atoms with Crippen LogP contribution in [-0.4, -0.2) is 41.5 Å². The SMILES string of the molecule is CCN(CC)c1ccc([C@@H]2[C@H](C(=O)OCc3ccccc3)C(=O)C[C@@](C)(O)[C@H]2C(=O)OCc2ccccc2)cc1. The molecule has 0 aromatic heterocycles. The number of nitrogens with zero attached hydrogens (tertiary/aromatic N) is 1. The summed E-state index contributed by atoms with van der Waals surface area (Å²) in [5.41, 5.74) is 1.43. The lowest BCUT2D eigenvalue weighted by Gasteiger charge is -2.43. The molecule has 0 amide bonds. The van der Waals surface area contributed by atoms with Gasteiger partial charge in [0.2, 0.25) is 0 Å². The zero-order valence-corrected chi connectivity index (χ0v) is 23.3. The fourth-order valence-corrected chi connectivity index (χ4v) is 5.55. The molecular weight excluding hydrogens is 506 g/mol. The molecule has 3 aromatic carbocycles. The van der Waals surface area contributed by atoms with Gasteiger partial charge in [-0.2, -0.15) is 0 Å². The number of ether oxygens (including phenoxy) is 2. The first kappa shape index (κ1) is 29.0. The number of hydrogen-bond acceptors (Lipinski definition) is 7. The summed E-state index contributed by atoms with van der Waals surface area (Å²) in [5, 5.41) is 11.4. The normalized spacial score (nSPS) is 22.4. The molecule has 0 unspecified atom stereocenters. The van der Waals surface area contributed by atoms with E-state index in [0.29, 0.717) is 5.56 Å². The number of anilines is 1. The molecule has 0 bridgehead atoms. The number of hydrogen-bond donors (Lipinski definition) is 1. The van der Waals surface area contributed by atoms with Crippen LogP contribution in [0.5, 0.6) is 0 Å². The monoisotopic (exact) mass is 543 g/mol. The van der Waals surface area contributed by atoms with Crippen molar-refractivity contribution in [1.82, 2.24) is 0 Å². The van der Waals surface area contributed by atoms with Gasteiger partial charge in [0.15, 0.2) is 5.78 Å². The Morgan fingerprint density at radius 1 is 0.825 bits per heavy atom. The summed E-state index contributed by atoms with van der Waals surface area (Å²) >= 11 is 0. The molecule has 1 fully saturated rings. The Balaban J connectivity index is 1.69. The maximum atomic E-state index is 13.6. The molecule has 0 spiro atoms. The summed E-state index contributed by atoms with van der Waals surface area (Å²) < 4.78 is 11.3. The Hall–Kier alpha value is -3.97. The minimum atomic E-state index is -1.72. The highest BCUT2D eigenvalue weighted by atomic mass is 16.5. The molecule has 1 aliphatic rings. The van der Waals surface area contributed by atoms with Gasteiger partial charge in [-0.15, -0.1) is 0 Å². The molecule has 0 saturated heterocycles. The van der Waals surface area contributed by atoms with Crippen LogP contribution in [0.15, 0.2) is 84.9 Å². The highest BCUT2D eigenvalue weighted by molar-refractivity contribution is 6.02. The third kappa shape index (κ3) is 6.59. The van der Waals surface area contributed by atoms with Crippen LogP contribution in [0.2, 0.25) is 0 Å². The van der Waals surface area contributed by atoms with E-state index >= 15 is 0 Å². The number of esters is 2. The van der Waals surface area contributed by atoms with E-state index in [4.69, 9.17) is 9.47 Å². The van der Waals surface area contributed by atoms with Gasteiger partial charge in [0, 0.05) is 31.1 Å². The van der Waals surface area contributed by atoms with Gasteiger partial charge >= 0.3 is 11.9 Å². The van der Waals surface area contributed by atoms with E-state index in [9.17, 15) is 19.5 Å². The first-order valence-corrected chi connectivity index (χ1v) is 13.8. The fourth-order valence-electron chi connectivity index (χ4n) is 5.55. The van der Waals surface area contributed by atoms with Crippen molar-refractivity contribution in [3.05, 3.63) is 102 Å². The summed E-state index contributed by atoms with van der Waals surface area (Å²) in [4.78, 5) is 42.8. The lowest BCUT2D eigenvalue weighted by atomic mass is 9.61. The highest BCUT2D eigenvalue weighted by Gasteiger charge is 2.57. The van der Waals surface area contributed by atoms with Gasteiger partial charge in [-0.1, -0.05) is 72.8 Å². The zero-order valence-electron chi connectivity index (χ0n) is 23.3. The highest BCUT2D eigenvalue weighted by Crippen LogP contribution is 2.47. The van der Waals surface area contributed by atoms with Crippen LogP contribution >= 0.6 is 0 Å². The quantitative estimate of drug-likeness (QED) is 0.282. The summed E-state index contributed by atoms with van der Waals surface area (Å²) in [6, 6.07) is 25.9. The predicted octanol–water partition coefficient (Wildman–Crippen LogP) is 5.06. The Morgan fingerprint density at radius 2 is 1.32 bits per heavy atom. The van der Waals surface area contributed by atoms with Crippen LogP contribution in [0.25, 0.3) is 0 Å². The zero-order chi connectivity index (χ0) is 28.7. The minimum Gasteiger partial charge on any atom is -0.461 e. The molecule has 0 aliphatic heterocycles. The Kier molecular flexibility index (Phi) is 9.38. The van der Waals surface area contributed by atoms with Crippen LogP contribution in [-0.2, 0) is 37.1 Å². The maximum Gasteiger partial charge on any atom is 0.317 e. The fraction of sp³-hybridized carbons (Fsp3) is 0.364. The molecule has 210 valence electrons. The van der Waals surface area contributed by atoms with Gasteiger partial charge in [0.1, 0.15) is 19.1 Å². The van der Waals surface area contributed by atoms with E-state index in [2.05, 4.69) is 18.7 Å². The molecular formula is C33H37NO6. The van der Waals surface area contributed by atoms with Crippen molar-refractivity contribution >= 4 is 23.4 Å². The van der Waals surface area contributed by atoms with Crippen LogP contribution < -0.4 is 4.90 Å². The molecule has 3 aromatic rings. The third-order valence-electron chi connectivity index (χ3n) is 7.63. The van der Waals surface area contributed by atoms with Gasteiger partial charge < -0.3 is 19.5 Å². The van der Waals surface area contributed by atoms with Crippen molar-refractivity contribution < 1.29 is 29.0 Å². The second-order valence-electron chi connectivity index (χ2n) is 10.4. The second-order valence-corrected chi connectivity index (χ2v) is 10.4. The van der Waals surface area contributed by atoms with E-state index in [1.807, 2.05) is 84.9 Å². The average Bonchev–Trinajstić information content (AvgIpc) is 2.96. The molecule has 4 rings (SSSR count). The lowest BCUT2D eigenvalue weighted by Crippen LogP contribution is -2.55. The first-order chi connectivity index (χ1) is 19.2. The summed E-state index contributed by atoms with van der Waals surface area (Å²) in [5.74, 6) is -5.25. The standard InChI is InChI=1S/C33H37NO6/c1-4-34(5-2)26-18-16-25(17-19-26)28-29(31(36)39-21-23-12-8-6-9-13-23)27(35)20-33(3,38)30(28)32(37)40-22-24-14-10-7-11-15-24/h6-19,28-30,38H,4-5,20-22H2,1-3H3/t28-,29-,30-,33-/m1/s1. The van der Waals surface area contributed by atoms with E-state index < -0.39 is 41.1 Å². The molecule has 4 atom stereocenters. The molecule has 1 saturated carbocycles. The molecule has 1 aliphatic carbocycles. The van der Waals surface area contributed by atoms with E-state index in [-0.39, 0.29) is 19.6 Å². The van der Waals surface area contributed by atoms with Gasteiger partial charge in [-0.25, -0.2) is 0 Å². The third-order valence-corrected chi connectivity index (χ3v) is 7.63. The predicted molar refractivity (Wildman–Crippen MR) is 152 cm³/mol. The molecule has 1 N–H and O–H groups in total. The second kappa shape index (κ2) is 12.9. The topological polar surface area (TPSA) is 93.1 Å². The summed E-state index contributed by atoms with van der Waals surface area (Å²) in [6.07, 6.45) is -0.364. The molecule has 0 radical (unpaired) electrons. The van der Waals surface area contributed by atoms with Crippen molar-refractivity contribution in [3.63, 3.8) is 0 Å². The lowest BCUT2D eigenvalue weighted by molar-refractivity contribution is -0.174. The van der Waals surface area contributed by atoms with Crippen molar-refractivity contribution in [1.29, 1.82) is 0 Å². The maximum absolute atomic E-state index is 13.6. The number of Topliss-reactive ketones (excluding diaryl/α,β-unsaturated/α-hetero) is 1. The number of rotatable bonds is 10. The Bertz CT molecular complexity index is 1290. The number of carbonyl (C=O) groups is 3. The molecule has 7 nitrogen and oxygen atoms in total. The van der Waals surface area contributed by atoms with Crippen molar-refractivity contribution in [3.8, 4) is 0 Å². The first-order valence-electron chi connectivity index (χ1n) is 13.8. The van der Waals surface area contributed by atoms with E-state index in [0.717, 1.165) is 29.9 Å². The van der Waals surface area contributed by atoms with E-state index in [1.165, 1.54) is 6.92 Å². The van der Waals surface area contributed by atoms with Gasteiger partial charge in [-0.05, 0) is 49.6 Å². The van der Waals surface area contributed by atoms with Gasteiger partial charge in [0.25, 0.3) is 0 Å². The number of ketones is 1. The van der Waals surface area contributed by atoms with Gasteiger partial charge in [0.05, 0.1) is 11.5 Å². The van der Waals surface area contributed by atoms with Crippen LogP contribution in [0.1, 0.15) is 49.8 Å². The Labute approximate surface area is 235 Å². The number of benzene rings is 3. The Morgan fingerprint density at radius 3 is 1.82 bits per heavy atom. The van der Waals surface area contributed by atoms with Crippen molar-refractivity contribution in [2.75, 3.05) is 18.0 Å². The van der Waals surface area contributed by atoms with Crippen LogP contribution in [0.4, 0.5) is 5.69 Å². The summed E-state index contributed by atoms with van der Waals surface area (Å²) in [6.45, 7) is 7.22. The number of aliphatic hydroxyl groups is 1. The molecule has 40 heavy (non-hydrogen) atoms. The number of carbonyl (C=O) groups excluding carboxylic acids is 3. The van der Waals surface area contributed by atoms with Crippen LogP contribution in [0, 0.1) is 11.8 Å². The van der Waals surface area contributed by atoms with Crippen molar-refractivity contribution in [2.45, 2.75) is 51.9 Å². The molecule has 0 heterocycles. The van der Waals surface area contributed by atoms with Crippen molar-refractivity contribution in [2.24, 2.45) is 11.8 Å². The van der Waals surface area contributed by atoms with Crippen LogP contribution in [0.3, 0.4) is 0 Å². The summed E-state index contributed by atoms with van der Waals surface area (Å²) in [7, 11) is 0. The minimum absolute atomic E-state index is 0.00339. The average molecular weight is 544 g/mol. The largest absolute Gasteiger partial charge is 0.461 e. The smallest absolute Gasteiger partial charge is 0.317 e.